The van der Waals surface area contributed by atoms with Gasteiger partial charge in [-0.15, -0.1) is 0 Å². The lowest BCUT2D eigenvalue weighted by atomic mass is 9.74. The molecule has 49 heavy (non-hydrogen) atoms. The van der Waals surface area contributed by atoms with Gasteiger partial charge in [-0.3, -0.25) is 29.7 Å². The van der Waals surface area contributed by atoms with Crippen LogP contribution in [0.25, 0.3) is 11.1 Å². The van der Waals surface area contributed by atoms with Gasteiger partial charge in [-0.05, 0) is 102 Å². The number of nitrogens with one attached hydrogen (secondary N) is 2. The number of halogens is 3. The molecule has 8 nitrogen and oxygen atoms in total. The Morgan fingerprint density at radius 2 is 1.51 bits per heavy atom. The number of hydrogen-bond donors (Lipinski definition) is 2. The first-order valence-corrected chi connectivity index (χ1v) is 17.5. The van der Waals surface area contributed by atoms with Crippen molar-refractivity contribution in [2.75, 3.05) is 19.0 Å². The molecule has 11 heteroatoms. The van der Waals surface area contributed by atoms with Crippen LogP contribution in [0.3, 0.4) is 0 Å². The van der Waals surface area contributed by atoms with Crippen LogP contribution >= 0.6 is 39.1 Å². The summed E-state index contributed by atoms with van der Waals surface area (Å²) in [4.78, 5) is 38.3. The van der Waals surface area contributed by atoms with E-state index in [0.717, 1.165) is 50.8 Å². The highest BCUT2D eigenvalue weighted by Gasteiger charge is 2.70. The van der Waals surface area contributed by atoms with E-state index in [0.29, 0.717) is 16.0 Å². The largest absolute Gasteiger partial charge is 0.338 e. The molecule has 2 heterocycles. The van der Waals surface area contributed by atoms with Crippen molar-refractivity contribution >= 4 is 68.6 Å². The first-order chi connectivity index (χ1) is 23.3. The summed E-state index contributed by atoms with van der Waals surface area (Å²) >= 11 is 16.6. The summed E-state index contributed by atoms with van der Waals surface area (Å²) in [5, 5.41) is 12.4. The Morgan fingerprint density at radius 1 is 0.837 bits per heavy atom. The van der Waals surface area contributed by atoms with E-state index in [2.05, 4.69) is 33.1 Å². The van der Waals surface area contributed by atoms with Gasteiger partial charge >= 0.3 is 0 Å². The van der Waals surface area contributed by atoms with Crippen LogP contribution in [0, 0.1) is 10.8 Å². The third-order valence-corrected chi connectivity index (χ3v) is 11.3. The lowest BCUT2D eigenvalue weighted by Crippen LogP contribution is -2.53. The van der Waals surface area contributed by atoms with Crippen molar-refractivity contribution in [1.29, 1.82) is 5.41 Å². The van der Waals surface area contributed by atoms with Crippen molar-refractivity contribution in [3.05, 3.63) is 122 Å². The number of aliphatic imine (C=N–C) groups is 1. The Morgan fingerprint density at radius 3 is 2.16 bits per heavy atom. The molecule has 0 radical (unpaired) electrons. The molecule has 2 amide bonds. The monoisotopic (exact) mass is 756 g/mol. The molecule has 0 bridgehead atoms. The minimum atomic E-state index is -1.08. The zero-order valence-electron chi connectivity index (χ0n) is 27.5. The third kappa shape index (κ3) is 5.25. The molecule has 3 fully saturated rings. The van der Waals surface area contributed by atoms with E-state index in [1.165, 1.54) is 4.90 Å². The van der Waals surface area contributed by atoms with E-state index in [1.807, 2.05) is 91.0 Å². The Bertz CT molecular complexity index is 2070. The van der Waals surface area contributed by atoms with Gasteiger partial charge in [-0.2, -0.15) is 0 Å². The second-order valence-electron chi connectivity index (χ2n) is 13.4. The van der Waals surface area contributed by atoms with Gasteiger partial charge in [0.25, 0.3) is 11.8 Å². The van der Waals surface area contributed by atoms with Gasteiger partial charge in [0, 0.05) is 39.7 Å². The fraction of sp³-hybridized carbons (Fsp3) is 0.263. The molecule has 2 saturated heterocycles. The Kier molecular flexibility index (Phi) is 8.16. The zero-order chi connectivity index (χ0) is 34.9. The molecule has 2 atom stereocenters. The Labute approximate surface area is 304 Å². The molecule has 7 rings (SSSR count). The smallest absolute Gasteiger partial charge is 0.260 e. The van der Waals surface area contributed by atoms with Gasteiger partial charge in [0.05, 0.1) is 6.54 Å². The molecule has 0 aromatic heterocycles. The van der Waals surface area contributed by atoms with Crippen molar-refractivity contribution in [1.82, 2.24) is 15.1 Å². The highest BCUT2D eigenvalue weighted by molar-refractivity contribution is 9.10. The minimum absolute atomic E-state index is 0.0409. The second kappa shape index (κ2) is 12.0. The number of rotatable bonds is 7. The van der Waals surface area contributed by atoms with Crippen LogP contribution in [-0.4, -0.2) is 47.6 Å². The van der Waals surface area contributed by atoms with E-state index in [-0.39, 0.29) is 29.7 Å². The van der Waals surface area contributed by atoms with Crippen molar-refractivity contribution < 1.29 is 9.59 Å². The van der Waals surface area contributed by atoms with Gasteiger partial charge in [0.1, 0.15) is 5.54 Å². The zero-order valence-corrected chi connectivity index (χ0v) is 30.6. The summed E-state index contributed by atoms with van der Waals surface area (Å²) < 4.78 is 0.894. The first-order valence-electron chi connectivity index (χ1n) is 16.0. The molecule has 4 aromatic rings. The summed E-state index contributed by atoms with van der Waals surface area (Å²) in [6.45, 7) is 4.22. The van der Waals surface area contributed by atoms with Crippen LogP contribution < -0.4 is 10.2 Å². The molecule has 0 spiro atoms. The molecule has 1 aliphatic carbocycles. The number of carbonyl (C=O) groups is 2. The van der Waals surface area contributed by atoms with E-state index in [4.69, 9.17) is 33.6 Å². The molecule has 2 aliphatic heterocycles. The first kappa shape index (κ1) is 33.3. The number of guanidine groups is 2. The van der Waals surface area contributed by atoms with Gasteiger partial charge in [0.2, 0.25) is 5.96 Å². The topological polar surface area (TPSA) is 92.1 Å². The normalized spacial score (nSPS) is 23.9. The third-order valence-electron chi connectivity index (χ3n) is 10.3. The maximum atomic E-state index is 14.8. The summed E-state index contributed by atoms with van der Waals surface area (Å²) in [6, 6.07) is 29.0. The molecular formula is C38H35BrCl2N6O2. The van der Waals surface area contributed by atoms with E-state index >= 15 is 0 Å². The molecular weight excluding hydrogens is 723 g/mol. The predicted molar refractivity (Wildman–Crippen MR) is 199 cm³/mol. The summed E-state index contributed by atoms with van der Waals surface area (Å²) in [5.41, 5.74) is 2.58. The lowest BCUT2D eigenvalue weighted by Gasteiger charge is -2.42. The SMILES string of the molecule is CN1C(=N)NC(C)(c2cccc(-c3cc(Cl)ccc3CN=C3N(C)C(=O)C(c4cccc(Br)c4)(C4(C)CC4)N3c3ccc(Cl)cc3)c2)C1=O. The number of benzene rings is 4. The van der Waals surface area contributed by atoms with Gasteiger partial charge in [-0.1, -0.05) is 82.5 Å². The predicted octanol–water partition coefficient (Wildman–Crippen LogP) is 8.16. The lowest BCUT2D eigenvalue weighted by molar-refractivity contribution is -0.132. The minimum Gasteiger partial charge on any atom is -0.338 e. The number of likely N-dealkylation sites (N-methyl/N-ethyl adjacent to an activating group) is 2. The van der Waals surface area contributed by atoms with Crippen molar-refractivity contribution in [3.63, 3.8) is 0 Å². The maximum absolute atomic E-state index is 14.8. The Balaban J connectivity index is 1.35. The standard InChI is InChI=1S/C38H35BrCl2N6O2/c1-36(17-18-36)38(26-9-6-10-27(39)20-26)33(49)46(4)35(47(38)30-15-13-28(40)14-16-30)43-22-24-11-12-29(41)21-31(24)23-7-5-8-25(19-23)37(2)32(48)45(3)34(42)44-37/h5-16,19-21H,17-18,22H2,1-4H3,(H2,42,44). The van der Waals surface area contributed by atoms with Crippen molar-refractivity contribution in [2.45, 2.75) is 44.3 Å². The number of anilines is 1. The average molecular weight is 759 g/mol. The molecule has 4 aromatic carbocycles. The highest BCUT2D eigenvalue weighted by atomic mass is 79.9. The quantitative estimate of drug-likeness (QED) is 0.199. The van der Waals surface area contributed by atoms with Crippen LogP contribution in [0.15, 0.2) is 100 Å². The van der Waals surface area contributed by atoms with Gasteiger partial charge in [0.15, 0.2) is 11.5 Å². The molecule has 2 unspecified atom stereocenters. The second-order valence-corrected chi connectivity index (χ2v) is 15.2. The number of nitrogens with zero attached hydrogens (tertiary/aromatic N) is 4. The summed E-state index contributed by atoms with van der Waals surface area (Å²) in [6.07, 6.45) is 1.78. The summed E-state index contributed by atoms with van der Waals surface area (Å²) in [5.74, 6) is 0.337. The number of amides is 2. The maximum Gasteiger partial charge on any atom is 0.260 e. The fourth-order valence-electron chi connectivity index (χ4n) is 7.31. The summed E-state index contributed by atoms with van der Waals surface area (Å²) in [7, 11) is 3.39. The average Bonchev–Trinajstić information content (AvgIpc) is 3.75. The number of hydrogen-bond acceptors (Lipinski definition) is 4. The van der Waals surface area contributed by atoms with Crippen molar-refractivity contribution in [3.8, 4) is 11.1 Å². The Hall–Kier alpha value is -4.18. The fourth-order valence-corrected chi connectivity index (χ4v) is 8.01. The van der Waals surface area contributed by atoms with Gasteiger partial charge < -0.3 is 5.32 Å². The number of carbonyl (C=O) groups excluding carboxylic acids is 2. The van der Waals surface area contributed by atoms with Crippen LogP contribution in [0.4, 0.5) is 5.69 Å². The highest BCUT2D eigenvalue weighted by Crippen LogP contribution is 2.64. The van der Waals surface area contributed by atoms with E-state index in [1.54, 1.807) is 25.9 Å². The molecule has 1 saturated carbocycles. The van der Waals surface area contributed by atoms with Gasteiger partial charge in [-0.25, -0.2) is 4.99 Å². The van der Waals surface area contributed by atoms with E-state index < -0.39 is 11.1 Å². The molecule has 2 N–H and O–H groups in total. The molecule has 3 aliphatic rings. The van der Waals surface area contributed by atoms with Crippen molar-refractivity contribution in [2.24, 2.45) is 10.4 Å². The molecule has 250 valence electrons. The van der Waals surface area contributed by atoms with Crippen LogP contribution in [0.2, 0.25) is 10.0 Å². The van der Waals surface area contributed by atoms with Crippen LogP contribution in [0.5, 0.6) is 0 Å². The van der Waals surface area contributed by atoms with Crippen LogP contribution in [-0.2, 0) is 27.2 Å². The van der Waals surface area contributed by atoms with Crippen LogP contribution in [0.1, 0.15) is 43.4 Å². The van der Waals surface area contributed by atoms with E-state index in [9.17, 15) is 9.59 Å².